The molecule has 1 aromatic rings. The van der Waals surface area contributed by atoms with E-state index < -0.39 is 0 Å². The van der Waals surface area contributed by atoms with Crippen molar-refractivity contribution in [3.63, 3.8) is 0 Å². The van der Waals surface area contributed by atoms with Crippen LogP contribution in [0.25, 0.3) is 0 Å². The van der Waals surface area contributed by atoms with E-state index in [1.807, 2.05) is 30.9 Å². The number of ether oxygens (including phenoxy) is 1. The Labute approximate surface area is 167 Å². The lowest BCUT2D eigenvalue weighted by atomic mass is 10.0. The highest BCUT2D eigenvalue weighted by Crippen LogP contribution is 2.25. The highest BCUT2D eigenvalue weighted by molar-refractivity contribution is 14.0. The van der Waals surface area contributed by atoms with Crippen LogP contribution in [0.1, 0.15) is 38.2 Å². The number of benzene rings is 1. The van der Waals surface area contributed by atoms with Crippen LogP contribution in [-0.2, 0) is 0 Å². The summed E-state index contributed by atoms with van der Waals surface area (Å²) in [6, 6.07) is 8.79. The van der Waals surface area contributed by atoms with E-state index in [9.17, 15) is 0 Å². The van der Waals surface area contributed by atoms with E-state index in [0.717, 1.165) is 18.3 Å². The van der Waals surface area contributed by atoms with E-state index >= 15 is 0 Å². The first-order chi connectivity index (χ1) is 11.2. The van der Waals surface area contributed by atoms with Crippen molar-refractivity contribution in [1.82, 2.24) is 10.6 Å². The van der Waals surface area contributed by atoms with Crippen LogP contribution in [0.2, 0.25) is 0 Å². The van der Waals surface area contributed by atoms with Crippen LogP contribution in [-0.4, -0.2) is 43.7 Å². The van der Waals surface area contributed by atoms with Gasteiger partial charge in [0.25, 0.3) is 0 Å². The molecule has 24 heavy (non-hydrogen) atoms. The highest BCUT2D eigenvalue weighted by atomic mass is 127. The molecule has 2 N–H and O–H groups in total. The molecule has 1 saturated heterocycles. The summed E-state index contributed by atoms with van der Waals surface area (Å²) in [5.74, 6) is 4.78. The lowest BCUT2D eigenvalue weighted by Crippen LogP contribution is -2.46. The molecule has 0 aliphatic carbocycles. The Morgan fingerprint density at radius 2 is 2.17 bits per heavy atom. The zero-order chi connectivity index (χ0) is 16.5. The normalized spacial score (nSPS) is 18.0. The molecule has 1 aliphatic rings. The van der Waals surface area contributed by atoms with Crippen LogP contribution in [0.3, 0.4) is 0 Å². The molecule has 2 rings (SSSR count). The molecule has 0 spiro atoms. The second-order valence-corrected chi connectivity index (χ2v) is 7.25. The van der Waals surface area contributed by atoms with Crippen molar-refractivity contribution in [2.24, 2.45) is 4.99 Å². The van der Waals surface area contributed by atoms with Crippen LogP contribution >= 0.6 is 35.7 Å². The maximum absolute atomic E-state index is 5.93. The molecule has 1 aromatic carbocycles. The minimum Gasteiger partial charge on any atom is -0.491 e. The first-order valence-electron chi connectivity index (χ1n) is 8.47. The number of rotatable bonds is 6. The summed E-state index contributed by atoms with van der Waals surface area (Å²) in [6.45, 7) is 5.75. The Balaban J connectivity index is 0.00000288. The van der Waals surface area contributed by atoms with Gasteiger partial charge in [-0.05, 0) is 36.1 Å². The van der Waals surface area contributed by atoms with Gasteiger partial charge in [0.05, 0.1) is 6.54 Å². The van der Waals surface area contributed by atoms with Crippen LogP contribution in [0, 0.1) is 0 Å². The number of hydrogen-bond acceptors (Lipinski definition) is 3. The molecule has 0 bridgehead atoms. The molecule has 1 fully saturated rings. The molecular formula is C18H30IN3OS. The van der Waals surface area contributed by atoms with Gasteiger partial charge in [-0.25, -0.2) is 0 Å². The van der Waals surface area contributed by atoms with Crippen molar-refractivity contribution in [3.8, 4) is 5.75 Å². The third-order valence-electron chi connectivity index (χ3n) is 3.92. The molecule has 1 atom stereocenters. The zero-order valence-electron chi connectivity index (χ0n) is 14.9. The summed E-state index contributed by atoms with van der Waals surface area (Å²) in [4.78, 5) is 4.30. The van der Waals surface area contributed by atoms with E-state index in [2.05, 4.69) is 41.6 Å². The average Bonchev–Trinajstić information content (AvgIpc) is 2.58. The van der Waals surface area contributed by atoms with Gasteiger partial charge in [-0.15, -0.1) is 24.0 Å². The van der Waals surface area contributed by atoms with Gasteiger partial charge in [0.15, 0.2) is 5.96 Å². The fraction of sp³-hybridized carbons (Fsp3) is 0.611. The van der Waals surface area contributed by atoms with E-state index in [-0.39, 0.29) is 24.0 Å². The van der Waals surface area contributed by atoms with Crippen molar-refractivity contribution < 1.29 is 4.74 Å². The first kappa shape index (κ1) is 21.4. The van der Waals surface area contributed by atoms with Gasteiger partial charge >= 0.3 is 0 Å². The second kappa shape index (κ2) is 11.8. The SMILES string of the molecule is CN=C(NCCOc1ccccc1C(C)C)NC1CCCSC1.I. The largest absolute Gasteiger partial charge is 0.491 e. The van der Waals surface area contributed by atoms with Gasteiger partial charge in [-0.2, -0.15) is 11.8 Å². The van der Waals surface area contributed by atoms with Crippen molar-refractivity contribution in [1.29, 1.82) is 0 Å². The number of nitrogens with one attached hydrogen (secondary N) is 2. The topological polar surface area (TPSA) is 45.7 Å². The predicted octanol–water partition coefficient (Wildman–Crippen LogP) is 3.87. The van der Waals surface area contributed by atoms with E-state index in [1.54, 1.807) is 0 Å². The summed E-state index contributed by atoms with van der Waals surface area (Å²) < 4.78 is 5.93. The lowest BCUT2D eigenvalue weighted by Gasteiger charge is -2.24. The number of thioether (sulfide) groups is 1. The second-order valence-electron chi connectivity index (χ2n) is 6.10. The van der Waals surface area contributed by atoms with Crippen molar-refractivity contribution in [2.45, 2.75) is 38.6 Å². The molecule has 0 aromatic heterocycles. The van der Waals surface area contributed by atoms with Crippen LogP contribution < -0.4 is 15.4 Å². The Hall–Kier alpha value is -0.630. The fourth-order valence-electron chi connectivity index (χ4n) is 2.66. The maximum atomic E-state index is 5.93. The quantitative estimate of drug-likeness (QED) is 0.291. The minimum absolute atomic E-state index is 0. The molecule has 0 amide bonds. The van der Waals surface area contributed by atoms with Gasteiger partial charge in [0, 0.05) is 18.8 Å². The molecular weight excluding hydrogens is 433 g/mol. The monoisotopic (exact) mass is 463 g/mol. The third-order valence-corrected chi connectivity index (χ3v) is 5.13. The van der Waals surface area contributed by atoms with Crippen molar-refractivity contribution in [2.75, 3.05) is 31.7 Å². The molecule has 6 heteroatoms. The Bertz CT molecular complexity index is 505. The van der Waals surface area contributed by atoms with E-state index in [0.29, 0.717) is 18.6 Å². The summed E-state index contributed by atoms with van der Waals surface area (Å²) >= 11 is 2.02. The molecule has 136 valence electrons. The van der Waals surface area contributed by atoms with Crippen LogP contribution in [0.5, 0.6) is 5.75 Å². The maximum Gasteiger partial charge on any atom is 0.191 e. The standard InChI is InChI=1S/C18H29N3OS.HI/c1-14(2)16-8-4-5-9-17(16)22-11-10-20-18(19-3)21-15-7-6-12-23-13-15;/h4-5,8-9,14-15H,6-7,10-13H2,1-3H3,(H2,19,20,21);1H. The summed E-state index contributed by atoms with van der Waals surface area (Å²) in [5, 5.41) is 6.84. The average molecular weight is 463 g/mol. The number of aliphatic imine (C=N–C) groups is 1. The Morgan fingerprint density at radius 1 is 1.38 bits per heavy atom. The third kappa shape index (κ3) is 7.09. The Morgan fingerprint density at radius 3 is 2.83 bits per heavy atom. The molecule has 0 radical (unpaired) electrons. The van der Waals surface area contributed by atoms with Gasteiger partial charge in [-0.1, -0.05) is 32.0 Å². The molecule has 1 heterocycles. The number of halogens is 1. The summed E-state index contributed by atoms with van der Waals surface area (Å²) in [7, 11) is 1.82. The van der Waals surface area contributed by atoms with Crippen molar-refractivity contribution in [3.05, 3.63) is 29.8 Å². The molecule has 1 aliphatic heterocycles. The zero-order valence-corrected chi connectivity index (χ0v) is 18.0. The van der Waals surface area contributed by atoms with Gasteiger partial charge in [-0.3, -0.25) is 4.99 Å². The number of guanidine groups is 1. The van der Waals surface area contributed by atoms with E-state index in [4.69, 9.17) is 4.74 Å². The fourth-order valence-corrected chi connectivity index (χ4v) is 3.73. The van der Waals surface area contributed by atoms with E-state index in [1.165, 1.54) is 29.9 Å². The van der Waals surface area contributed by atoms with Crippen LogP contribution in [0.15, 0.2) is 29.3 Å². The van der Waals surface area contributed by atoms with Gasteiger partial charge in [0.1, 0.15) is 12.4 Å². The smallest absolute Gasteiger partial charge is 0.191 e. The van der Waals surface area contributed by atoms with Gasteiger partial charge < -0.3 is 15.4 Å². The predicted molar refractivity (Wildman–Crippen MR) is 116 cm³/mol. The van der Waals surface area contributed by atoms with Crippen molar-refractivity contribution >= 4 is 41.7 Å². The first-order valence-corrected chi connectivity index (χ1v) is 9.63. The van der Waals surface area contributed by atoms with Gasteiger partial charge in [0.2, 0.25) is 0 Å². The lowest BCUT2D eigenvalue weighted by molar-refractivity contribution is 0.317. The highest BCUT2D eigenvalue weighted by Gasteiger charge is 2.14. The van der Waals surface area contributed by atoms with Crippen LogP contribution in [0.4, 0.5) is 0 Å². The minimum atomic E-state index is 0. The Kier molecular flexibility index (Phi) is 10.6. The summed E-state index contributed by atoms with van der Waals surface area (Å²) in [6.07, 6.45) is 2.51. The number of para-hydroxylation sites is 1. The molecule has 1 unspecified atom stereocenters. The molecule has 4 nitrogen and oxygen atoms in total. The number of hydrogen-bond donors (Lipinski definition) is 2. The number of nitrogens with zero attached hydrogens (tertiary/aromatic N) is 1. The summed E-state index contributed by atoms with van der Waals surface area (Å²) in [5.41, 5.74) is 1.26. The molecule has 0 saturated carbocycles.